The lowest BCUT2D eigenvalue weighted by Crippen LogP contribution is -2.26. The van der Waals surface area contributed by atoms with Crippen LogP contribution in [0.2, 0.25) is 0 Å². The van der Waals surface area contributed by atoms with E-state index in [2.05, 4.69) is 20.6 Å². The number of hydrogen-bond donors (Lipinski definition) is 2. The van der Waals surface area contributed by atoms with Crippen LogP contribution in [0.5, 0.6) is 0 Å². The second kappa shape index (κ2) is 7.22. The Morgan fingerprint density at radius 2 is 1.96 bits per heavy atom. The Morgan fingerprint density at radius 3 is 2.75 bits per heavy atom. The van der Waals surface area contributed by atoms with Gasteiger partial charge in [-0.3, -0.25) is 15.1 Å². The number of aromatic nitrogens is 2. The SMILES string of the molecule is O=C(Nc1ncc(C2CCNCC2)s1)c1cc(C2CC2)nc2ccc(F)cc12. The number of amides is 1. The molecule has 1 amide bonds. The first-order chi connectivity index (χ1) is 13.7. The predicted molar refractivity (Wildman–Crippen MR) is 109 cm³/mol. The van der Waals surface area contributed by atoms with Crippen LogP contribution < -0.4 is 10.6 Å². The summed E-state index contributed by atoms with van der Waals surface area (Å²) in [6.45, 7) is 2.03. The van der Waals surface area contributed by atoms with Crippen molar-refractivity contribution >= 4 is 33.3 Å². The Hall–Kier alpha value is -2.38. The molecular formula is C21H21FN4OS. The smallest absolute Gasteiger partial charge is 0.258 e. The molecule has 0 bridgehead atoms. The molecule has 3 aromatic rings. The first kappa shape index (κ1) is 17.7. The van der Waals surface area contributed by atoms with E-state index in [0.29, 0.717) is 33.4 Å². The molecule has 1 aromatic carbocycles. The van der Waals surface area contributed by atoms with Crippen LogP contribution in [0.3, 0.4) is 0 Å². The standard InChI is InChI=1S/C21H21FN4OS/c22-14-3-4-17-15(9-14)16(10-18(25-17)12-1-2-12)20(27)26-21-24-11-19(28-21)13-5-7-23-8-6-13/h3-4,9-13,23H,1-2,5-8H2,(H,24,26,27). The molecule has 5 rings (SSSR count). The van der Waals surface area contributed by atoms with Gasteiger partial charge in [0.2, 0.25) is 0 Å². The van der Waals surface area contributed by atoms with Crippen molar-refractivity contribution in [2.24, 2.45) is 0 Å². The average Bonchev–Trinajstić information content (AvgIpc) is 3.47. The van der Waals surface area contributed by atoms with Gasteiger partial charge in [-0.25, -0.2) is 9.37 Å². The topological polar surface area (TPSA) is 66.9 Å². The van der Waals surface area contributed by atoms with Crippen LogP contribution in [-0.4, -0.2) is 29.0 Å². The third kappa shape index (κ3) is 3.52. The van der Waals surface area contributed by atoms with Crippen molar-refractivity contribution in [3.8, 4) is 0 Å². The zero-order valence-electron chi connectivity index (χ0n) is 15.4. The number of nitrogens with one attached hydrogen (secondary N) is 2. The zero-order chi connectivity index (χ0) is 19.1. The lowest BCUT2D eigenvalue weighted by atomic mass is 9.97. The quantitative estimate of drug-likeness (QED) is 0.685. The molecule has 2 aliphatic rings. The highest BCUT2D eigenvalue weighted by molar-refractivity contribution is 7.15. The fourth-order valence-corrected chi connectivity index (χ4v) is 4.78. The predicted octanol–water partition coefficient (Wildman–Crippen LogP) is 4.43. The van der Waals surface area contributed by atoms with Crippen molar-refractivity contribution in [2.75, 3.05) is 18.4 Å². The second-order valence-electron chi connectivity index (χ2n) is 7.58. The van der Waals surface area contributed by atoms with Gasteiger partial charge in [-0.15, -0.1) is 11.3 Å². The largest absolute Gasteiger partial charge is 0.317 e. The number of anilines is 1. The maximum absolute atomic E-state index is 13.8. The molecule has 2 fully saturated rings. The second-order valence-corrected chi connectivity index (χ2v) is 8.64. The van der Waals surface area contributed by atoms with E-state index in [9.17, 15) is 9.18 Å². The van der Waals surface area contributed by atoms with E-state index in [1.54, 1.807) is 6.07 Å². The van der Waals surface area contributed by atoms with Crippen LogP contribution >= 0.6 is 11.3 Å². The van der Waals surface area contributed by atoms with Gasteiger partial charge in [-0.05, 0) is 69.0 Å². The molecular weight excluding hydrogens is 375 g/mol. The van der Waals surface area contributed by atoms with Crippen molar-refractivity contribution < 1.29 is 9.18 Å². The molecule has 7 heteroatoms. The number of piperidine rings is 1. The number of hydrogen-bond acceptors (Lipinski definition) is 5. The molecule has 0 spiro atoms. The lowest BCUT2D eigenvalue weighted by molar-refractivity contribution is 0.102. The molecule has 2 N–H and O–H groups in total. The van der Waals surface area contributed by atoms with Gasteiger partial charge in [0.05, 0.1) is 11.1 Å². The van der Waals surface area contributed by atoms with Gasteiger partial charge in [0, 0.05) is 28.1 Å². The highest BCUT2D eigenvalue weighted by atomic mass is 32.1. The van der Waals surface area contributed by atoms with Crippen LogP contribution in [-0.2, 0) is 0 Å². The van der Waals surface area contributed by atoms with E-state index >= 15 is 0 Å². The summed E-state index contributed by atoms with van der Waals surface area (Å²) >= 11 is 1.53. The van der Waals surface area contributed by atoms with Crippen molar-refractivity contribution in [1.82, 2.24) is 15.3 Å². The normalized spacial score (nSPS) is 17.8. The minimum absolute atomic E-state index is 0.258. The maximum Gasteiger partial charge on any atom is 0.258 e. The molecule has 1 aliphatic heterocycles. The Balaban J connectivity index is 1.44. The Labute approximate surface area is 166 Å². The molecule has 0 radical (unpaired) electrons. The molecule has 5 nitrogen and oxygen atoms in total. The van der Waals surface area contributed by atoms with Crippen LogP contribution in [0.4, 0.5) is 9.52 Å². The number of nitrogens with zero attached hydrogens (tertiary/aromatic N) is 2. The number of fused-ring (bicyclic) bond motifs is 1. The number of thiazole rings is 1. The van der Waals surface area contributed by atoms with Crippen molar-refractivity contribution in [3.05, 3.63) is 52.4 Å². The Kier molecular flexibility index (Phi) is 4.56. The summed E-state index contributed by atoms with van der Waals surface area (Å²) in [7, 11) is 0. The van der Waals surface area contributed by atoms with Gasteiger partial charge in [-0.2, -0.15) is 0 Å². The van der Waals surface area contributed by atoms with E-state index in [0.717, 1.165) is 44.5 Å². The number of rotatable bonds is 4. The summed E-state index contributed by atoms with van der Waals surface area (Å²) in [6, 6.07) is 6.23. The van der Waals surface area contributed by atoms with Gasteiger partial charge in [0.25, 0.3) is 5.91 Å². The molecule has 28 heavy (non-hydrogen) atoms. The Morgan fingerprint density at radius 1 is 1.14 bits per heavy atom. The van der Waals surface area contributed by atoms with Crippen LogP contribution in [0, 0.1) is 5.82 Å². The molecule has 2 aromatic heterocycles. The van der Waals surface area contributed by atoms with Crippen molar-refractivity contribution in [1.29, 1.82) is 0 Å². The summed E-state index contributed by atoms with van der Waals surface area (Å²) in [6.07, 6.45) is 6.24. The number of pyridine rings is 1. The summed E-state index contributed by atoms with van der Waals surface area (Å²) in [5.41, 5.74) is 2.04. The van der Waals surface area contributed by atoms with Gasteiger partial charge >= 0.3 is 0 Å². The molecule has 1 saturated carbocycles. The minimum atomic E-state index is -0.370. The van der Waals surface area contributed by atoms with Crippen molar-refractivity contribution in [2.45, 2.75) is 37.5 Å². The first-order valence-electron chi connectivity index (χ1n) is 9.75. The highest BCUT2D eigenvalue weighted by Gasteiger charge is 2.27. The number of carbonyl (C=O) groups is 1. The van der Waals surface area contributed by atoms with Crippen LogP contribution in [0.25, 0.3) is 10.9 Å². The zero-order valence-corrected chi connectivity index (χ0v) is 16.2. The van der Waals surface area contributed by atoms with Gasteiger partial charge in [-0.1, -0.05) is 0 Å². The van der Waals surface area contributed by atoms with E-state index in [1.165, 1.54) is 28.3 Å². The third-order valence-electron chi connectivity index (χ3n) is 5.52. The molecule has 1 aliphatic carbocycles. The van der Waals surface area contributed by atoms with E-state index in [-0.39, 0.29) is 11.7 Å². The molecule has 0 unspecified atom stereocenters. The van der Waals surface area contributed by atoms with Crippen molar-refractivity contribution in [3.63, 3.8) is 0 Å². The van der Waals surface area contributed by atoms with Crippen LogP contribution in [0.15, 0.2) is 30.5 Å². The molecule has 3 heterocycles. The molecule has 0 atom stereocenters. The van der Waals surface area contributed by atoms with E-state index in [1.807, 2.05) is 12.3 Å². The Bertz CT molecular complexity index is 1040. The summed E-state index contributed by atoms with van der Waals surface area (Å²) in [4.78, 5) is 23.3. The maximum atomic E-state index is 13.8. The number of halogens is 1. The minimum Gasteiger partial charge on any atom is -0.317 e. The van der Waals surface area contributed by atoms with Crippen LogP contribution in [0.1, 0.15) is 58.4 Å². The highest BCUT2D eigenvalue weighted by Crippen LogP contribution is 2.40. The third-order valence-corrected chi connectivity index (χ3v) is 6.59. The first-order valence-corrected chi connectivity index (χ1v) is 10.6. The van der Waals surface area contributed by atoms with Gasteiger partial charge in [0.1, 0.15) is 5.82 Å². The molecule has 1 saturated heterocycles. The van der Waals surface area contributed by atoms with E-state index < -0.39 is 0 Å². The average molecular weight is 396 g/mol. The fourth-order valence-electron chi connectivity index (χ4n) is 3.80. The monoisotopic (exact) mass is 396 g/mol. The van der Waals surface area contributed by atoms with Gasteiger partial charge in [0.15, 0.2) is 5.13 Å². The number of benzene rings is 1. The summed E-state index contributed by atoms with van der Waals surface area (Å²) < 4.78 is 13.8. The van der Waals surface area contributed by atoms with E-state index in [4.69, 9.17) is 0 Å². The van der Waals surface area contributed by atoms with Gasteiger partial charge < -0.3 is 5.32 Å². The summed E-state index contributed by atoms with van der Waals surface area (Å²) in [5.74, 6) is 0.283. The number of carbonyl (C=O) groups excluding carboxylic acids is 1. The molecule has 144 valence electrons. The fraction of sp³-hybridized carbons (Fsp3) is 0.381. The summed E-state index contributed by atoms with van der Waals surface area (Å²) in [5, 5.41) is 7.41. The lowest BCUT2D eigenvalue weighted by Gasteiger charge is -2.20.